The minimum absolute atomic E-state index is 0.110. The molecule has 0 fully saturated rings. The number of benzene rings is 2. The Balaban J connectivity index is 2.06. The topological polar surface area (TPSA) is 29.1 Å². The third-order valence-corrected chi connectivity index (χ3v) is 3.50. The Kier molecular flexibility index (Phi) is 4.77. The Hall–Kier alpha value is -1.40. The largest absolute Gasteiger partial charge is 0.348 e. The van der Waals surface area contributed by atoms with Crippen LogP contribution in [-0.4, -0.2) is 5.91 Å². The van der Waals surface area contributed by atoms with Gasteiger partial charge >= 0.3 is 0 Å². The minimum atomic E-state index is -0.935. The Morgan fingerprint density at radius 2 is 1.90 bits per heavy atom. The van der Waals surface area contributed by atoms with E-state index in [-0.39, 0.29) is 12.5 Å². The normalized spacial score (nSPS) is 10.4. The van der Waals surface area contributed by atoms with Crippen molar-refractivity contribution in [2.75, 3.05) is 0 Å². The van der Waals surface area contributed by atoms with Crippen molar-refractivity contribution in [3.63, 3.8) is 0 Å². The molecule has 0 aliphatic heterocycles. The van der Waals surface area contributed by atoms with Crippen LogP contribution in [0.1, 0.15) is 15.9 Å². The van der Waals surface area contributed by atoms with E-state index >= 15 is 0 Å². The van der Waals surface area contributed by atoms with Crippen molar-refractivity contribution >= 4 is 34.5 Å². The molecule has 104 valence electrons. The Labute approximate surface area is 128 Å². The maximum absolute atomic E-state index is 13.0. The molecule has 20 heavy (non-hydrogen) atoms. The van der Waals surface area contributed by atoms with E-state index in [1.807, 2.05) is 0 Å². The summed E-state index contributed by atoms with van der Waals surface area (Å²) in [7, 11) is 0. The zero-order chi connectivity index (χ0) is 14.7. The molecule has 6 heteroatoms. The molecular weight excluding hydrogens is 348 g/mol. The first-order chi connectivity index (χ1) is 9.47. The smallest absolute Gasteiger partial charge is 0.252 e. The molecule has 0 aromatic heterocycles. The van der Waals surface area contributed by atoms with E-state index < -0.39 is 11.6 Å². The Bertz CT molecular complexity index is 664. The molecule has 0 saturated carbocycles. The first kappa shape index (κ1) is 15.0. The molecule has 0 saturated heterocycles. The van der Waals surface area contributed by atoms with Crippen molar-refractivity contribution in [3.05, 3.63) is 63.6 Å². The second-order valence-electron chi connectivity index (χ2n) is 4.09. The second-order valence-corrected chi connectivity index (χ2v) is 5.49. The van der Waals surface area contributed by atoms with Gasteiger partial charge in [-0.3, -0.25) is 4.79 Å². The number of nitrogens with one attached hydrogen (secondary N) is 1. The first-order valence-corrected chi connectivity index (χ1v) is 6.92. The van der Waals surface area contributed by atoms with Gasteiger partial charge in [-0.1, -0.05) is 22.0 Å². The zero-order valence-corrected chi connectivity index (χ0v) is 12.6. The van der Waals surface area contributed by atoms with Gasteiger partial charge < -0.3 is 5.32 Å². The fourth-order valence-electron chi connectivity index (χ4n) is 1.62. The van der Waals surface area contributed by atoms with Crippen LogP contribution >= 0.6 is 28.6 Å². The predicted molar refractivity (Wildman–Crippen MR) is 78.9 cm³/mol. The quantitative estimate of drug-likeness (QED) is 0.800. The van der Waals surface area contributed by atoms with Crippen LogP contribution in [0.25, 0.3) is 0 Å². The summed E-state index contributed by atoms with van der Waals surface area (Å²) in [5.41, 5.74) is 0.897. The summed E-state index contributed by atoms with van der Waals surface area (Å²) in [5, 5.41) is 2.63. The zero-order valence-electron chi connectivity index (χ0n) is 10.2. The van der Waals surface area contributed by atoms with E-state index in [4.69, 9.17) is 0 Å². The maximum atomic E-state index is 13.0. The van der Waals surface area contributed by atoms with E-state index in [0.717, 1.165) is 16.6 Å². The number of hydrogen-bond donors (Lipinski definition) is 2. The van der Waals surface area contributed by atoms with Crippen LogP contribution in [0.3, 0.4) is 0 Å². The molecule has 2 nitrogen and oxygen atoms in total. The number of thiol groups is 1. The number of hydrogen-bond acceptors (Lipinski definition) is 2. The molecular formula is C14H10BrF2NOS. The number of carbonyl (C=O) groups is 1. The Morgan fingerprint density at radius 3 is 2.55 bits per heavy atom. The lowest BCUT2D eigenvalue weighted by atomic mass is 10.2. The highest BCUT2D eigenvalue weighted by Crippen LogP contribution is 2.20. The molecule has 0 aliphatic rings. The first-order valence-electron chi connectivity index (χ1n) is 5.68. The lowest BCUT2D eigenvalue weighted by Crippen LogP contribution is -2.23. The third kappa shape index (κ3) is 3.58. The van der Waals surface area contributed by atoms with Crippen LogP contribution in [0.5, 0.6) is 0 Å². The van der Waals surface area contributed by atoms with Crippen molar-refractivity contribution in [2.45, 2.75) is 11.4 Å². The number of rotatable bonds is 3. The molecule has 1 N–H and O–H groups in total. The van der Waals surface area contributed by atoms with Gasteiger partial charge in [-0.15, -0.1) is 12.6 Å². The second kappa shape index (κ2) is 6.37. The third-order valence-electron chi connectivity index (χ3n) is 2.64. The predicted octanol–water partition coefficient (Wildman–Crippen LogP) is 3.95. The highest BCUT2D eigenvalue weighted by molar-refractivity contribution is 9.10. The van der Waals surface area contributed by atoms with E-state index in [0.29, 0.717) is 16.0 Å². The van der Waals surface area contributed by atoms with Crippen molar-refractivity contribution in [3.8, 4) is 0 Å². The van der Waals surface area contributed by atoms with E-state index in [1.165, 1.54) is 6.07 Å². The van der Waals surface area contributed by atoms with E-state index in [9.17, 15) is 13.6 Å². The molecule has 0 heterocycles. The molecule has 0 spiro atoms. The van der Waals surface area contributed by atoms with Gasteiger partial charge in [0, 0.05) is 15.9 Å². The highest BCUT2D eigenvalue weighted by atomic mass is 79.9. The van der Waals surface area contributed by atoms with Crippen LogP contribution in [-0.2, 0) is 6.54 Å². The fraction of sp³-hybridized carbons (Fsp3) is 0.0714. The van der Waals surface area contributed by atoms with Gasteiger partial charge in [0.2, 0.25) is 0 Å². The molecule has 0 unspecified atom stereocenters. The summed E-state index contributed by atoms with van der Waals surface area (Å²) in [6.45, 7) is 0.110. The molecule has 2 aromatic carbocycles. The lowest BCUT2D eigenvalue weighted by molar-refractivity contribution is 0.0948. The summed E-state index contributed by atoms with van der Waals surface area (Å²) in [4.78, 5) is 12.5. The van der Waals surface area contributed by atoms with Crippen LogP contribution in [0.4, 0.5) is 8.78 Å². The van der Waals surface area contributed by atoms with Gasteiger partial charge in [-0.25, -0.2) is 8.78 Å². The van der Waals surface area contributed by atoms with E-state index in [1.54, 1.807) is 18.2 Å². The molecule has 0 aliphatic carbocycles. The molecule has 2 aromatic rings. The summed E-state index contributed by atoms with van der Waals surface area (Å²) in [5.74, 6) is -2.17. The van der Waals surface area contributed by atoms with Crippen molar-refractivity contribution < 1.29 is 13.6 Å². The molecule has 1 amide bonds. The number of halogens is 3. The van der Waals surface area contributed by atoms with Crippen LogP contribution < -0.4 is 5.32 Å². The van der Waals surface area contributed by atoms with Crippen LogP contribution in [0.2, 0.25) is 0 Å². The van der Waals surface area contributed by atoms with Gasteiger partial charge in [-0.05, 0) is 35.9 Å². The number of carbonyl (C=O) groups excluding carboxylic acids is 1. The summed E-state index contributed by atoms with van der Waals surface area (Å²) >= 11 is 7.49. The van der Waals surface area contributed by atoms with Gasteiger partial charge in [-0.2, -0.15) is 0 Å². The van der Waals surface area contributed by atoms with Gasteiger partial charge in [0.1, 0.15) is 0 Å². The highest BCUT2D eigenvalue weighted by Gasteiger charge is 2.10. The van der Waals surface area contributed by atoms with Gasteiger partial charge in [0.25, 0.3) is 5.91 Å². The van der Waals surface area contributed by atoms with Crippen molar-refractivity contribution in [1.82, 2.24) is 5.32 Å². The maximum Gasteiger partial charge on any atom is 0.252 e. The molecule has 0 atom stereocenters. The summed E-state index contributed by atoms with van der Waals surface area (Å²) in [6, 6.07) is 8.57. The van der Waals surface area contributed by atoms with E-state index in [2.05, 4.69) is 33.9 Å². The summed E-state index contributed by atoms with van der Waals surface area (Å²) < 4.78 is 26.6. The monoisotopic (exact) mass is 357 g/mol. The molecule has 0 radical (unpaired) electrons. The van der Waals surface area contributed by atoms with Gasteiger partial charge in [0.05, 0.1) is 5.56 Å². The number of amides is 1. The Morgan fingerprint density at radius 1 is 1.15 bits per heavy atom. The molecule has 2 rings (SSSR count). The average Bonchev–Trinajstić information content (AvgIpc) is 2.40. The lowest BCUT2D eigenvalue weighted by Gasteiger charge is -2.08. The SMILES string of the molecule is O=C(NCc1ccc(F)c(F)c1)c1ccc(Br)cc1S. The standard InChI is InChI=1S/C14H10BrF2NOS/c15-9-2-3-10(13(20)6-9)14(19)18-7-8-1-4-11(16)12(17)5-8/h1-6,20H,7H2,(H,18,19). The fourth-order valence-corrected chi connectivity index (χ4v) is 2.48. The van der Waals surface area contributed by atoms with Crippen molar-refractivity contribution in [2.24, 2.45) is 0 Å². The van der Waals surface area contributed by atoms with Gasteiger partial charge in [0.15, 0.2) is 11.6 Å². The average molecular weight is 358 g/mol. The van der Waals surface area contributed by atoms with Crippen LogP contribution in [0, 0.1) is 11.6 Å². The van der Waals surface area contributed by atoms with Crippen molar-refractivity contribution in [1.29, 1.82) is 0 Å². The summed E-state index contributed by atoms with van der Waals surface area (Å²) in [6.07, 6.45) is 0. The minimum Gasteiger partial charge on any atom is -0.348 e. The van der Waals surface area contributed by atoms with Crippen LogP contribution in [0.15, 0.2) is 45.8 Å². The molecule has 0 bridgehead atoms.